The van der Waals surface area contributed by atoms with E-state index in [1.807, 2.05) is 23.1 Å². The van der Waals surface area contributed by atoms with Gasteiger partial charge in [-0.1, -0.05) is 25.1 Å². The first-order chi connectivity index (χ1) is 10.6. The van der Waals surface area contributed by atoms with Gasteiger partial charge in [0.15, 0.2) is 0 Å². The number of nitrogens with zero attached hydrogens (tertiary/aromatic N) is 1. The number of carbonyl (C=O) groups excluding carboxylic acids is 1. The molecule has 1 fully saturated rings. The van der Waals surface area contributed by atoms with Crippen molar-refractivity contribution in [2.75, 3.05) is 27.3 Å². The first-order valence-electron chi connectivity index (χ1n) is 8.06. The predicted octanol–water partition coefficient (Wildman–Crippen LogP) is 2.90. The smallest absolute Gasteiger partial charge is 0.222 e. The van der Waals surface area contributed by atoms with Crippen molar-refractivity contribution in [3.8, 4) is 5.75 Å². The highest BCUT2D eigenvalue weighted by molar-refractivity contribution is 5.76. The van der Waals surface area contributed by atoms with Crippen molar-refractivity contribution < 1.29 is 14.3 Å². The van der Waals surface area contributed by atoms with Crippen molar-refractivity contribution in [3.05, 3.63) is 29.8 Å². The zero-order valence-electron chi connectivity index (χ0n) is 13.9. The SMILES string of the molecule is COc1ccccc1C[C@@H](C)CC(=O)N1CCC[C@@H](OC)C1. The van der Waals surface area contributed by atoms with Gasteiger partial charge in [-0.15, -0.1) is 0 Å². The lowest BCUT2D eigenvalue weighted by atomic mass is 9.96. The summed E-state index contributed by atoms with van der Waals surface area (Å²) in [6.07, 6.45) is 3.72. The normalized spacial score (nSPS) is 19.8. The van der Waals surface area contributed by atoms with Gasteiger partial charge in [0.25, 0.3) is 0 Å². The number of piperidine rings is 1. The van der Waals surface area contributed by atoms with Gasteiger partial charge in [0.05, 0.1) is 13.2 Å². The van der Waals surface area contributed by atoms with Crippen LogP contribution in [0.2, 0.25) is 0 Å². The van der Waals surface area contributed by atoms with E-state index in [1.54, 1.807) is 14.2 Å². The van der Waals surface area contributed by atoms with E-state index in [0.29, 0.717) is 12.3 Å². The molecule has 4 heteroatoms. The van der Waals surface area contributed by atoms with Crippen LogP contribution >= 0.6 is 0 Å². The molecule has 4 nitrogen and oxygen atoms in total. The Morgan fingerprint density at radius 1 is 1.36 bits per heavy atom. The van der Waals surface area contributed by atoms with E-state index >= 15 is 0 Å². The average Bonchev–Trinajstić information content (AvgIpc) is 2.55. The number of rotatable bonds is 6. The monoisotopic (exact) mass is 305 g/mol. The molecule has 1 aliphatic heterocycles. The molecule has 0 radical (unpaired) electrons. The number of likely N-dealkylation sites (tertiary alicyclic amines) is 1. The Morgan fingerprint density at radius 3 is 2.86 bits per heavy atom. The number of carbonyl (C=O) groups is 1. The van der Waals surface area contributed by atoms with Crippen molar-refractivity contribution in [1.29, 1.82) is 0 Å². The van der Waals surface area contributed by atoms with Crippen LogP contribution in [0.1, 0.15) is 31.7 Å². The van der Waals surface area contributed by atoms with Crippen LogP contribution in [0.3, 0.4) is 0 Å². The number of ether oxygens (including phenoxy) is 2. The van der Waals surface area contributed by atoms with Gasteiger partial charge in [-0.2, -0.15) is 0 Å². The molecule has 122 valence electrons. The van der Waals surface area contributed by atoms with Crippen LogP contribution in [0, 0.1) is 5.92 Å². The summed E-state index contributed by atoms with van der Waals surface area (Å²) in [7, 11) is 3.41. The minimum absolute atomic E-state index is 0.197. The second-order valence-electron chi connectivity index (χ2n) is 6.16. The third-order valence-electron chi connectivity index (χ3n) is 4.35. The minimum atomic E-state index is 0.197. The Morgan fingerprint density at radius 2 is 2.14 bits per heavy atom. The number of hydrogen-bond donors (Lipinski definition) is 0. The molecule has 1 aromatic rings. The molecule has 1 saturated heterocycles. The third kappa shape index (κ3) is 4.47. The molecule has 0 aliphatic carbocycles. The first-order valence-corrected chi connectivity index (χ1v) is 8.06. The predicted molar refractivity (Wildman–Crippen MR) is 87.1 cm³/mol. The molecule has 1 amide bonds. The summed E-state index contributed by atoms with van der Waals surface area (Å²) < 4.78 is 10.8. The van der Waals surface area contributed by atoms with Crippen LogP contribution in [0.25, 0.3) is 0 Å². The number of hydrogen-bond acceptors (Lipinski definition) is 3. The molecule has 0 bridgehead atoms. The summed E-state index contributed by atoms with van der Waals surface area (Å²) in [5.41, 5.74) is 1.17. The topological polar surface area (TPSA) is 38.8 Å². The second kappa shape index (κ2) is 8.18. The lowest BCUT2D eigenvalue weighted by Gasteiger charge is -2.32. The second-order valence-corrected chi connectivity index (χ2v) is 6.16. The number of methoxy groups -OCH3 is 2. The lowest BCUT2D eigenvalue weighted by molar-refractivity contribution is -0.135. The van der Waals surface area contributed by atoms with Gasteiger partial charge in [0.2, 0.25) is 5.91 Å². The maximum atomic E-state index is 12.5. The molecule has 1 aromatic carbocycles. The van der Waals surface area contributed by atoms with Gasteiger partial charge in [0.1, 0.15) is 5.75 Å². The Labute approximate surface area is 133 Å². The van der Waals surface area contributed by atoms with Crippen molar-refractivity contribution in [1.82, 2.24) is 4.90 Å². The lowest BCUT2D eigenvalue weighted by Crippen LogP contribution is -2.43. The summed E-state index contributed by atoms with van der Waals surface area (Å²) in [5, 5.41) is 0. The molecule has 0 unspecified atom stereocenters. The van der Waals surface area contributed by atoms with Crippen LogP contribution < -0.4 is 4.74 Å². The van der Waals surface area contributed by atoms with Gasteiger partial charge in [-0.25, -0.2) is 0 Å². The van der Waals surface area contributed by atoms with Crippen molar-refractivity contribution in [3.63, 3.8) is 0 Å². The van der Waals surface area contributed by atoms with Crippen LogP contribution in [0.5, 0.6) is 5.75 Å². The van der Waals surface area contributed by atoms with E-state index in [-0.39, 0.29) is 12.0 Å². The third-order valence-corrected chi connectivity index (χ3v) is 4.35. The highest BCUT2D eigenvalue weighted by Crippen LogP contribution is 2.23. The van der Waals surface area contributed by atoms with E-state index in [1.165, 1.54) is 5.56 Å². The molecule has 1 aliphatic rings. The number of para-hydroxylation sites is 1. The molecular formula is C18H27NO3. The Bertz CT molecular complexity index is 489. The fourth-order valence-electron chi connectivity index (χ4n) is 3.10. The van der Waals surface area contributed by atoms with E-state index in [0.717, 1.165) is 38.1 Å². The van der Waals surface area contributed by atoms with Gasteiger partial charge in [-0.05, 0) is 36.8 Å². The minimum Gasteiger partial charge on any atom is -0.496 e. The first kappa shape index (κ1) is 16.8. The molecule has 0 saturated carbocycles. The number of amides is 1. The molecule has 0 N–H and O–H groups in total. The quantitative estimate of drug-likeness (QED) is 0.811. The van der Waals surface area contributed by atoms with Gasteiger partial charge >= 0.3 is 0 Å². The van der Waals surface area contributed by atoms with E-state index in [9.17, 15) is 4.79 Å². The van der Waals surface area contributed by atoms with E-state index in [4.69, 9.17) is 9.47 Å². The van der Waals surface area contributed by atoms with Crippen LogP contribution in [0.15, 0.2) is 24.3 Å². The molecule has 1 heterocycles. The van der Waals surface area contributed by atoms with E-state index < -0.39 is 0 Å². The van der Waals surface area contributed by atoms with Gasteiger partial charge in [-0.3, -0.25) is 4.79 Å². The Hall–Kier alpha value is -1.55. The standard InChI is InChI=1S/C18H27NO3/c1-14(11-15-7-4-5-9-17(15)22-3)12-18(20)19-10-6-8-16(13-19)21-2/h4-5,7,9,14,16H,6,8,10-13H2,1-3H3/t14-,16-/m1/s1. The van der Waals surface area contributed by atoms with E-state index in [2.05, 4.69) is 13.0 Å². The highest BCUT2D eigenvalue weighted by Gasteiger charge is 2.24. The van der Waals surface area contributed by atoms with Crippen LogP contribution in [-0.2, 0) is 16.0 Å². The Kier molecular flexibility index (Phi) is 6.25. The Balaban J connectivity index is 1.88. The molecule has 22 heavy (non-hydrogen) atoms. The van der Waals surface area contributed by atoms with Crippen LogP contribution in [0.4, 0.5) is 0 Å². The maximum Gasteiger partial charge on any atom is 0.222 e. The molecule has 2 atom stereocenters. The number of benzene rings is 1. The summed E-state index contributed by atoms with van der Waals surface area (Å²) in [4.78, 5) is 14.4. The van der Waals surface area contributed by atoms with Crippen LogP contribution in [-0.4, -0.2) is 44.2 Å². The summed E-state index contributed by atoms with van der Waals surface area (Å²) in [6, 6.07) is 8.02. The summed E-state index contributed by atoms with van der Waals surface area (Å²) in [5.74, 6) is 1.44. The zero-order chi connectivity index (χ0) is 15.9. The fraction of sp³-hybridized carbons (Fsp3) is 0.611. The average molecular weight is 305 g/mol. The maximum absolute atomic E-state index is 12.5. The molecule has 0 aromatic heterocycles. The van der Waals surface area contributed by atoms with Crippen molar-refractivity contribution in [2.24, 2.45) is 5.92 Å². The molecule has 0 spiro atoms. The summed E-state index contributed by atoms with van der Waals surface area (Å²) in [6.45, 7) is 3.72. The largest absolute Gasteiger partial charge is 0.496 e. The molecular weight excluding hydrogens is 278 g/mol. The zero-order valence-corrected chi connectivity index (χ0v) is 13.9. The van der Waals surface area contributed by atoms with Gasteiger partial charge in [0, 0.05) is 26.6 Å². The van der Waals surface area contributed by atoms with Crippen molar-refractivity contribution >= 4 is 5.91 Å². The van der Waals surface area contributed by atoms with Crippen molar-refractivity contribution in [2.45, 2.75) is 38.7 Å². The highest BCUT2D eigenvalue weighted by atomic mass is 16.5. The fourth-order valence-corrected chi connectivity index (χ4v) is 3.10. The molecule has 2 rings (SSSR count). The van der Waals surface area contributed by atoms with Gasteiger partial charge < -0.3 is 14.4 Å². The summed E-state index contributed by atoms with van der Waals surface area (Å²) >= 11 is 0.